The Hall–Kier alpha value is -2.09. The lowest BCUT2D eigenvalue weighted by molar-refractivity contribution is -0.140. The summed E-state index contributed by atoms with van der Waals surface area (Å²) in [6, 6.07) is 6.40. The zero-order chi connectivity index (χ0) is 17.5. The van der Waals surface area contributed by atoms with Gasteiger partial charge in [0.05, 0.1) is 24.0 Å². The molecule has 0 aliphatic carbocycles. The van der Waals surface area contributed by atoms with Crippen molar-refractivity contribution in [3.8, 4) is 5.75 Å². The van der Waals surface area contributed by atoms with Crippen LogP contribution in [-0.2, 0) is 19.6 Å². The third-order valence-corrected chi connectivity index (χ3v) is 3.93. The van der Waals surface area contributed by atoms with Gasteiger partial charge in [0.25, 0.3) is 5.91 Å². The summed E-state index contributed by atoms with van der Waals surface area (Å²) in [5, 5.41) is 0. The number of carbonyl (C=O) groups is 2. The Morgan fingerprint density at radius 2 is 1.87 bits per heavy atom. The molecule has 0 unspecified atom stereocenters. The predicted molar refractivity (Wildman–Crippen MR) is 84.7 cm³/mol. The highest BCUT2D eigenvalue weighted by Crippen LogP contribution is 2.19. The van der Waals surface area contributed by atoms with Gasteiger partial charge in [-0.25, -0.2) is 13.1 Å². The van der Waals surface area contributed by atoms with Crippen molar-refractivity contribution in [1.29, 1.82) is 0 Å². The van der Waals surface area contributed by atoms with Gasteiger partial charge >= 0.3 is 5.97 Å². The van der Waals surface area contributed by atoms with E-state index in [0.717, 1.165) is 0 Å². The largest absolute Gasteiger partial charge is 0.490 e. The van der Waals surface area contributed by atoms with Gasteiger partial charge in [0.15, 0.2) is 0 Å². The second-order valence-electron chi connectivity index (χ2n) is 5.11. The number of nitrogens with one attached hydrogen (secondary N) is 1. The molecule has 0 aliphatic rings. The lowest BCUT2D eigenvalue weighted by Crippen LogP contribution is -2.33. The summed E-state index contributed by atoms with van der Waals surface area (Å²) in [5.74, 6) is -1.24. The first-order valence-electron chi connectivity index (χ1n) is 7.15. The maximum absolute atomic E-state index is 12.1. The minimum atomic E-state index is -3.82. The normalized spacial score (nSPS) is 11.1. The molecular weight excluding hydrogens is 322 g/mol. The van der Waals surface area contributed by atoms with Crippen molar-refractivity contribution in [2.45, 2.75) is 33.3 Å². The molecule has 8 heteroatoms. The molecule has 0 heterocycles. The van der Waals surface area contributed by atoms with Crippen molar-refractivity contribution in [3.05, 3.63) is 29.8 Å². The minimum Gasteiger partial charge on any atom is -0.490 e. The molecule has 0 atom stereocenters. The average molecular weight is 343 g/mol. The SMILES string of the molecule is CC(=O)OCCCS(=O)(=O)NC(=O)c1ccccc1OC(C)C. The van der Waals surface area contributed by atoms with Crippen LogP contribution in [0.1, 0.15) is 37.6 Å². The summed E-state index contributed by atoms with van der Waals surface area (Å²) < 4.78 is 35.9. The van der Waals surface area contributed by atoms with Gasteiger partial charge in [0.2, 0.25) is 10.0 Å². The third kappa shape index (κ3) is 7.14. The van der Waals surface area contributed by atoms with E-state index in [0.29, 0.717) is 5.75 Å². The molecule has 23 heavy (non-hydrogen) atoms. The van der Waals surface area contributed by atoms with Crippen molar-refractivity contribution in [2.24, 2.45) is 0 Å². The Kier molecular flexibility index (Phi) is 7.02. The monoisotopic (exact) mass is 343 g/mol. The molecule has 1 rings (SSSR count). The second-order valence-corrected chi connectivity index (χ2v) is 6.95. The Labute approximate surface area is 136 Å². The van der Waals surface area contributed by atoms with Crippen LogP contribution >= 0.6 is 0 Å². The molecule has 1 aromatic rings. The summed E-state index contributed by atoms with van der Waals surface area (Å²) in [5.41, 5.74) is 0.143. The molecule has 0 aromatic heterocycles. The Bertz CT molecular complexity index is 654. The van der Waals surface area contributed by atoms with E-state index in [1.54, 1.807) is 32.0 Å². The summed E-state index contributed by atoms with van der Waals surface area (Å²) in [7, 11) is -3.82. The number of hydrogen-bond donors (Lipinski definition) is 1. The number of para-hydroxylation sites is 1. The van der Waals surface area contributed by atoms with Crippen LogP contribution in [0.3, 0.4) is 0 Å². The van der Waals surface area contributed by atoms with Crippen LogP contribution < -0.4 is 9.46 Å². The van der Waals surface area contributed by atoms with Gasteiger partial charge in [0.1, 0.15) is 5.75 Å². The summed E-state index contributed by atoms with van der Waals surface area (Å²) in [4.78, 5) is 22.7. The molecular formula is C15H21NO6S. The van der Waals surface area contributed by atoms with E-state index in [-0.39, 0.29) is 30.4 Å². The van der Waals surface area contributed by atoms with Crippen LogP contribution in [0.15, 0.2) is 24.3 Å². The lowest BCUT2D eigenvalue weighted by Gasteiger charge is -2.14. The van der Waals surface area contributed by atoms with Gasteiger partial charge < -0.3 is 9.47 Å². The zero-order valence-electron chi connectivity index (χ0n) is 13.4. The van der Waals surface area contributed by atoms with Crippen LogP contribution in [0.4, 0.5) is 0 Å². The standard InChI is InChI=1S/C15H21NO6S/c1-11(2)22-14-8-5-4-7-13(14)15(18)16-23(19,20)10-6-9-21-12(3)17/h4-5,7-8,11H,6,9-10H2,1-3H3,(H,16,18). The zero-order valence-corrected chi connectivity index (χ0v) is 14.2. The molecule has 128 valence electrons. The molecule has 0 saturated heterocycles. The van der Waals surface area contributed by atoms with E-state index >= 15 is 0 Å². The van der Waals surface area contributed by atoms with Crippen molar-refractivity contribution >= 4 is 21.9 Å². The minimum absolute atomic E-state index is 0.0164. The smallest absolute Gasteiger partial charge is 0.302 e. The number of esters is 1. The first-order chi connectivity index (χ1) is 10.7. The highest BCUT2D eigenvalue weighted by Gasteiger charge is 2.19. The van der Waals surface area contributed by atoms with Crippen LogP contribution in [0.5, 0.6) is 5.75 Å². The van der Waals surface area contributed by atoms with E-state index in [9.17, 15) is 18.0 Å². The van der Waals surface area contributed by atoms with E-state index in [2.05, 4.69) is 4.74 Å². The highest BCUT2D eigenvalue weighted by molar-refractivity contribution is 7.90. The highest BCUT2D eigenvalue weighted by atomic mass is 32.2. The van der Waals surface area contributed by atoms with E-state index < -0.39 is 21.9 Å². The van der Waals surface area contributed by atoms with Crippen LogP contribution in [0.25, 0.3) is 0 Å². The van der Waals surface area contributed by atoms with Gasteiger partial charge in [-0.2, -0.15) is 0 Å². The number of amides is 1. The second kappa shape index (κ2) is 8.52. The van der Waals surface area contributed by atoms with Crippen molar-refractivity contribution in [2.75, 3.05) is 12.4 Å². The lowest BCUT2D eigenvalue weighted by atomic mass is 10.2. The molecule has 0 saturated carbocycles. The Morgan fingerprint density at radius 3 is 2.48 bits per heavy atom. The number of hydrogen-bond acceptors (Lipinski definition) is 6. The van der Waals surface area contributed by atoms with Crippen molar-refractivity contribution in [3.63, 3.8) is 0 Å². The van der Waals surface area contributed by atoms with E-state index in [1.807, 2.05) is 4.72 Å². The van der Waals surface area contributed by atoms with Crippen LogP contribution in [-0.4, -0.2) is 38.8 Å². The Balaban J connectivity index is 2.69. The number of carbonyl (C=O) groups excluding carboxylic acids is 2. The molecule has 1 N–H and O–H groups in total. The van der Waals surface area contributed by atoms with Gasteiger partial charge in [-0.15, -0.1) is 0 Å². The first-order valence-corrected chi connectivity index (χ1v) is 8.80. The molecule has 0 fully saturated rings. The molecule has 0 bridgehead atoms. The Morgan fingerprint density at radius 1 is 1.22 bits per heavy atom. The maximum Gasteiger partial charge on any atom is 0.302 e. The molecule has 1 aromatic carbocycles. The fourth-order valence-corrected chi connectivity index (χ4v) is 2.72. The maximum atomic E-state index is 12.1. The molecule has 1 amide bonds. The number of rotatable bonds is 8. The fraction of sp³-hybridized carbons (Fsp3) is 0.467. The van der Waals surface area contributed by atoms with E-state index in [4.69, 9.17) is 4.74 Å². The number of ether oxygens (including phenoxy) is 2. The number of sulfonamides is 1. The van der Waals surface area contributed by atoms with E-state index in [1.165, 1.54) is 13.0 Å². The summed E-state index contributed by atoms with van der Waals surface area (Å²) >= 11 is 0. The van der Waals surface area contributed by atoms with Gasteiger partial charge in [0, 0.05) is 6.92 Å². The van der Waals surface area contributed by atoms with Gasteiger partial charge in [-0.3, -0.25) is 9.59 Å². The predicted octanol–water partition coefficient (Wildman–Crippen LogP) is 1.49. The van der Waals surface area contributed by atoms with Crippen LogP contribution in [0, 0.1) is 0 Å². The third-order valence-electron chi connectivity index (χ3n) is 2.61. The van der Waals surface area contributed by atoms with Gasteiger partial charge in [-0.05, 0) is 32.4 Å². The molecule has 0 radical (unpaired) electrons. The molecule has 0 spiro atoms. The fourth-order valence-electron chi connectivity index (χ4n) is 1.72. The van der Waals surface area contributed by atoms with Gasteiger partial charge in [-0.1, -0.05) is 12.1 Å². The topological polar surface area (TPSA) is 98.8 Å². The first kappa shape index (κ1) is 19.0. The summed E-state index contributed by atoms with van der Waals surface area (Å²) in [6.07, 6.45) is -0.0453. The molecule has 0 aliphatic heterocycles. The molecule has 7 nitrogen and oxygen atoms in total. The number of benzene rings is 1. The average Bonchev–Trinajstić information content (AvgIpc) is 2.43. The van der Waals surface area contributed by atoms with Crippen molar-refractivity contribution < 1.29 is 27.5 Å². The quantitative estimate of drug-likeness (QED) is 0.567. The van der Waals surface area contributed by atoms with Crippen LogP contribution in [0.2, 0.25) is 0 Å². The summed E-state index contributed by atoms with van der Waals surface area (Å²) in [6.45, 7) is 4.83. The van der Waals surface area contributed by atoms with Crippen molar-refractivity contribution in [1.82, 2.24) is 4.72 Å².